The van der Waals surface area contributed by atoms with Gasteiger partial charge in [0.25, 0.3) is 0 Å². The van der Waals surface area contributed by atoms with Gasteiger partial charge in [0.15, 0.2) is 0 Å². The standard InChI is InChI=1S/C30H37F/c1-3-5-6-8-22-9-11-23(12-10-22)24-13-15-25(16-14-24)27-19-20-29-28(21-27)18-17-26(7-4-2)30(29)31/h13-23H,3-12H2,1-2H3. The Kier molecular flexibility index (Phi) is 7.43. The van der Waals surface area contributed by atoms with E-state index in [9.17, 15) is 4.39 Å². The molecule has 1 saturated carbocycles. The van der Waals surface area contributed by atoms with Crippen LogP contribution in [0.1, 0.15) is 88.7 Å². The Morgan fingerprint density at radius 3 is 2.23 bits per heavy atom. The van der Waals surface area contributed by atoms with Crippen LogP contribution in [0, 0.1) is 11.7 Å². The van der Waals surface area contributed by atoms with Crippen LogP contribution in [0.2, 0.25) is 0 Å². The van der Waals surface area contributed by atoms with Gasteiger partial charge in [-0.3, -0.25) is 0 Å². The van der Waals surface area contributed by atoms with Crippen LogP contribution >= 0.6 is 0 Å². The molecule has 0 saturated heterocycles. The third-order valence-corrected chi connectivity index (χ3v) is 7.33. The molecule has 0 amide bonds. The van der Waals surface area contributed by atoms with Gasteiger partial charge < -0.3 is 0 Å². The number of aryl methyl sites for hydroxylation is 1. The quantitative estimate of drug-likeness (QED) is 0.321. The number of fused-ring (bicyclic) bond motifs is 1. The third-order valence-electron chi connectivity index (χ3n) is 7.33. The van der Waals surface area contributed by atoms with Crippen molar-refractivity contribution >= 4 is 10.8 Å². The fourth-order valence-corrected chi connectivity index (χ4v) is 5.39. The fraction of sp³-hybridized carbons (Fsp3) is 0.467. The molecule has 0 bridgehead atoms. The van der Waals surface area contributed by atoms with Gasteiger partial charge in [-0.05, 0) is 77.6 Å². The van der Waals surface area contributed by atoms with E-state index in [2.05, 4.69) is 56.3 Å². The molecule has 0 spiro atoms. The minimum atomic E-state index is -0.0495. The van der Waals surface area contributed by atoms with Crippen molar-refractivity contribution in [3.63, 3.8) is 0 Å². The second-order valence-corrected chi connectivity index (χ2v) is 9.56. The molecule has 1 heteroatoms. The summed E-state index contributed by atoms with van der Waals surface area (Å²) in [6.07, 6.45) is 12.8. The zero-order valence-corrected chi connectivity index (χ0v) is 19.3. The molecule has 0 N–H and O–H groups in total. The van der Waals surface area contributed by atoms with Crippen LogP contribution < -0.4 is 0 Å². The number of halogens is 1. The van der Waals surface area contributed by atoms with Crippen molar-refractivity contribution in [3.8, 4) is 11.1 Å². The maximum Gasteiger partial charge on any atom is 0.134 e. The predicted octanol–water partition coefficient (Wildman–Crippen LogP) is 9.45. The summed E-state index contributed by atoms with van der Waals surface area (Å²) in [6, 6.07) is 19.3. The average molecular weight is 417 g/mol. The van der Waals surface area contributed by atoms with Crippen LogP contribution in [0.4, 0.5) is 4.39 Å². The summed E-state index contributed by atoms with van der Waals surface area (Å²) in [7, 11) is 0. The SMILES string of the molecule is CCCCCC1CCC(c2ccc(-c3ccc4c(F)c(CCC)ccc4c3)cc2)CC1. The normalized spacial score (nSPS) is 19.1. The van der Waals surface area contributed by atoms with Gasteiger partial charge in [0.05, 0.1) is 0 Å². The zero-order valence-electron chi connectivity index (χ0n) is 19.3. The molecule has 0 radical (unpaired) electrons. The van der Waals surface area contributed by atoms with Crippen LogP contribution in [0.25, 0.3) is 21.9 Å². The predicted molar refractivity (Wildman–Crippen MR) is 132 cm³/mol. The Bertz CT molecular complexity index is 977. The van der Waals surface area contributed by atoms with Crippen LogP contribution in [0.3, 0.4) is 0 Å². The van der Waals surface area contributed by atoms with Crippen molar-refractivity contribution in [1.82, 2.24) is 0 Å². The average Bonchev–Trinajstić information content (AvgIpc) is 2.82. The summed E-state index contributed by atoms with van der Waals surface area (Å²) in [4.78, 5) is 0. The summed E-state index contributed by atoms with van der Waals surface area (Å²) in [5, 5.41) is 1.72. The minimum Gasteiger partial charge on any atom is -0.206 e. The highest BCUT2D eigenvalue weighted by atomic mass is 19.1. The van der Waals surface area contributed by atoms with Crippen LogP contribution in [0.5, 0.6) is 0 Å². The van der Waals surface area contributed by atoms with Crippen molar-refractivity contribution in [2.24, 2.45) is 5.92 Å². The van der Waals surface area contributed by atoms with E-state index in [1.807, 2.05) is 12.1 Å². The highest BCUT2D eigenvalue weighted by molar-refractivity contribution is 5.88. The third kappa shape index (κ3) is 5.20. The lowest BCUT2D eigenvalue weighted by Gasteiger charge is -2.29. The molecule has 0 unspecified atom stereocenters. The van der Waals surface area contributed by atoms with Gasteiger partial charge in [0, 0.05) is 5.39 Å². The molecule has 1 aliphatic carbocycles. The van der Waals surface area contributed by atoms with E-state index in [-0.39, 0.29) is 5.82 Å². The minimum absolute atomic E-state index is 0.0495. The van der Waals surface area contributed by atoms with Gasteiger partial charge in [-0.1, -0.05) is 94.5 Å². The molecule has 4 rings (SSSR count). The molecule has 3 aromatic rings. The molecule has 0 heterocycles. The van der Waals surface area contributed by atoms with Crippen molar-refractivity contribution in [2.75, 3.05) is 0 Å². The molecular weight excluding hydrogens is 379 g/mol. The van der Waals surface area contributed by atoms with Crippen LogP contribution in [-0.2, 0) is 6.42 Å². The number of unbranched alkanes of at least 4 members (excludes halogenated alkanes) is 2. The van der Waals surface area contributed by atoms with Gasteiger partial charge in [-0.2, -0.15) is 0 Å². The first kappa shape index (κ1) is 22.1. The number of benzene rings is 3. The summed E-state index contributed by atoms with van der Waals surface area (Å²) in [5.41, 5.74) is 4.71. The summed E-state index contributed by atoms with van der Waals surface area (Å²) in [5.74, 6) is 1.63. The fourth-order valence-electron chi connectivity index (χ4n) is 5.39. The highest BCUT2D eigenvalue weighted by Gasteiger charge is 2.22. The van der Waals surface area contributed by atoms with E-state index >= 15 is 0 Å². The van der Waals surface area contributed by atoms with Gasteiger partial charge in [-0.25, -0.2) is 4.39 Å². The highest BCUT2D eigenvalue weighted by Crippen LogP contribution is 2.38. The Morgan fingerprint density at radius 2 is 1.52 bits per heavy atom. The van der Waals surface area contributed by atoms with Gasteiger partial charge >= 0.3 is 0 Å². The number of rotatable bonds is 8. The largest absolute Gasteiger partial charge is 0.206 e. The van der Waals surface area contributed by atoms with Gasteiger partial charge in [0.2, 0.25) is 0 Å². The van der Waals surface area contributed by atoms with E-state index in [1.54, 1.807) is 0 Å². The van der Waals surface area contributed by atoms with Crippen molar-refractivity contribution in [1.29, 1.82) is 0 Å². The monoisotopic (exact) mass is 416 g/mol. The molecule has 164 valence electrons. The summed E-state index contributed by atoms with van der Waals surface area (Å²) in [6.45, 7) is 4.38. The molecule has 3 aromatic carbocycles. The van der Waals surface area contributed by atoms with E-state index in [0.717, 1.165) is 41.0 Å². The second-order valence-electron chi connectivity index (χ2n) is 9.56. The zero-order chi connectivity index (χ0) is 21.6. The first-order chi connectivity index (χ1) is 15.2. The molecule has 0 aliphatic heterocycles. The summed E-state index contributed by atoms with van der Waals surface area (Å²) < 4.78 is 14.8. The van der Waals surface area contributed by atoms with Crippen LogP contribution in [-0.4, -0.2) is 0 Å². The van der Waals surface area contributed by atoms with Crippen molar-refractivity contribution < 1.29 is 4.39 Å². The van der Waals surface area contributed by atoms with Crippen molar-refractivity contribution in [3.05, 3.63) is 71.5 Å². The number of hydrogen-bond acceptors (Lipinski definition) is 0. The molecule has 31 heavy (non-hydrogen) atoms. The smallest absolute Gasteiger partial charge is 0.134 e. The first-order valence-electron chi connectivity index (χ1n) is 12.5. The molecule has 1 aliphatic rings. The Labute approximate surface area is 187 Å². The van der Waals surface area contributed by atoms with Crippen molar-refractivity contribution in [2.45, 2.75) is 84.0 Å². The van der Waals surface area contributed by atoms with E-state index in [4.69, 9.17) is 0 Å². The first-order valence-corrected chi connectivity index (χ1v) is 12.5. The Balaban J connectivity index is 1.43. The van der Waals surface area contributed by atoms with E-state index in [1.165, 1.54) is 68.1 Å². The lowest BCUT2D eigenvalue weighted by molar-refractivity contribution is 0.303. The topological polar surface area (TPSA) is 0 Å². The maximum atomic E-state index is 14.8. The van der Waals surface area contributed by atoms with E-state index < -0.39 is 0 Å². The maximum absolute atomic E-state index is 14.8. The second kappa shape index (κ2) is 10.4. The van der Waals surface area contributed by atoms with E-state index in [0.29, 0.717) is 0 Å². The molecule has 1 fully saturated rings. The van der Waals surface area contributed by atoms with Gasteiger partial charge in [0.1, 0.15) is 5.82 Å². The van der Waals surface area contributed by atoms with Crippen LogP contribution in [0.15, 0.2) is 54.6 Å². The number of hydrogen-bond donors (Lipinski definition) is 0. The van der Waals surface area contributed by atoms with Gasteiger partial charge in [-0.15, -0.1) is 0 Å². The molecule has 0 aromatic heterocycles. The lowest BCUT2D eigenvalue weighted by Crippen LogP contribution is -2.13. The molecule has 0 nitrogen and oxygen atoms in total. The lowest BCUT2D eigenvalue weighted by atomic mass is 9.77. The Morgan fingerprint density at radius 1 is 0.774 bits per heavy atom. The summed E-state index contributed by atoms with van der Waals surface area (Å²) >= 11 is 0. The molecule has 0 atom stereocenters. The molecular formula is C30H37F. The Hall–Kier alpha value is -2.15.